The van der Waals surface area contributed by atoms with Crippen LogP contribution >= 0.6 is 0 Å². The summed E-state index contributed by atoms with van der Waals surface area (Å²) >= 11 is 0. The van der Waals surface area contributed by atoms with Crippen LogP contribution in [0.15, 0.2) is 47.4 Å². The van der Waals surface area contributed by atoms with Gasteiger partial charge < -0.3 is 9.47 Å². The number of amides is 1. The molecule has 1 amide bonds. The number of carbonyl (C=O) groups is 1. The van der Waals surface area contributed by atoms with Crippen molar-refractivity contribution in [3.63, 3.8) is 0 Å². The first-order chi connectivity index (χ1) is 17.3. The molecule has 4 saturated heterocycles. The molecule has 4 heterocycles. The maximum Gasteiger partial charge on any atom is 0.417 e. The Hall–Kier alpha value is -3.01. The lowest BCUT2D eigenvalue weighted by atomic mass is 9.66. The number of rotatable bonds is 3. The third-order valence-corrected chi connectivity index (χ3v) is 10.5. The molecule has 0 N–H and O–H groups in total. The summed E-state index contributed by atoms with van der Waals surface area (Å²) in [5, 5.41) is 8.09. The van der Waals surface area contributed by atoms with Crippen molar-refractivity contribution in [2.45, 2.75) is 53.5 Å². The van der Waals surface area contributed by atoms with E-state index in [1.165, 1.54) is 24.3 Å². The average molecular weight is 537 g/mol. The molecule has 4 aliphatic rings. The Balaban J connectivity index is 1.45. The summed E-state index contributed by atoms with van der Waals surface area (Å²) in [4.78, 5) is 14.8. The number of benzene rings is 2. The highest BCUT2D eigenvalue weighted by Crippen LogP contribution is 2.67. The van der Waals surface area contributed by atoms with E-state index in [1.54, 1.807) is 6.92 Å². The van der Waals surface area contributed by atoms with Crippen molar-refractivity contribution in [1.29, 1.82) is 5.26 Å². The number of sulfone groups is 1. The van der Waals surface area contributed by atoms with E-state index in [4.69, 9.17) is 14.7 Å². The summed E-state index contributed by atoms with van der Waals surface area (Å²) in [6.45, 7) is 1.67. The fourth-order valence-corrected chi connectivity index (χ4v) is 9.06. The number of halogens is 4. The molecule has 4 fully saturated rings. The molecule has 1 spiro atoms. The highest BCUT2D eigenvalue weighted by atomic mass is 32.2. The number of ether oxygens (including phenoxy) is 2. The van der Waals surface area contributed by atoms with E-state index in [0.29, 0.717) is 0 Å². The van der Waals surface area contributed by atoms with Gasteiger partial charge in [-0.15, -0.1) is 0 Å². The molecule has 37 heavy (non-hydrogen) atoms. The van der Waals surface area contributed by atoms with Crippen LogP contribution in [0.5, 0.6) is 0 Å². The monoisotopic (exact) mass is 536 g/mol. The largest absolute Gasteiger partial charge is 0.417 e. The molecule has 6 rings (SSSR count). The van der Waals surface area contributed by atoms with Crippen LogP contribution in [0.25, 0.3) is 0 Å². The molecule has 7 nitrogen and oxygen atoms in total. The average Bonchev–Trinajstić information content (AvgIpc) is 3.42. The molecular weight excluding hydrogens is 516 g/mol. The lowest BCUT2D eigenvalue weighted by Gasteiger charge is -2.45. The van der Waals surface area contributed by atoms with Crippen molar-refractivity contribution in [2.24, 2.45) is 11.8 Å². The van der Waals surface area contributed by atoms with Crippen LogP contribution in [0.1, 0.15) is 30.9 Å². The number of nitrogens with zero attached hydrogens (tertiary/aromatic N) is 2. The van der Waals surface area contributed by atoms with E-state index in [0.717, 1.165) is 29.2 Å². The standard InChI is InChI=1S/C25H20F4N2O5S/c1-23-11-18(37(33,34)16-6-3-14(26)4-7-16)24(36-23)8-9-35-22-20(24)19(23)21(32)31(22)15-5-2-13(12-30)17(10-15)25(27,28)29/h2-7,10,18-20,22H,8-9,11H2,1H3/t18-,19-,20+,22+,23-,24+/m1/s1. The van der Waals surface area contributed by atoms with Gasteiger partial charge in [0.05, 0.1) is 51.1 Å². The van der Waals surface area contributed by atoms with E-state index in [9.17, 15) is 30.8 Å². The van der Waals surface area contributed by atoms with Crippen LogP contribution < -0.4 is 4.90 Å². The number of hydrogen-bond acceptors (Lipinski definition) is 6. The Bertz CT molecular complexity index is 1470. The van der Waals surface area contributed by atoms with Crippen LogP contribution in [-0.2, 0) is 30.3 Å². The van der Waals surface area contributed by atoms with Gasteiger partial charge in [0.2, 0.25) is 5.91 Å². The van der Waals surface area contributed by atoms with E-state index in [1.807, 2.05) is 0 Å². The maximum atomic E-state index is 13.7. The molecule has 12 heteroatoms. The summed E-state index contributed by atoms with van der Waals surface area (Å²) in [5.74, 6) is -2.69. The number of anilines is 1. The quantitative estimate of drug-likeness (QED) is 0.437. The molecule has 0 aromatic heterocycles. The zero-order chi connectivity index (χ0) is 26.5. The van der Waals surface area contributed by atoms with Crippen LogP contribution in [0.2, 0.25) is 0 Å². The highest BCUT2D eigenvalue weighted by Gasteiger charge is 2.80. The van der Waals surface area contributed by atoms with Gasteiger partial charge in [0.15, 0.2) is 9.84 Å². The number of carbonyl (C=O) groups excluding carboxylic acids is 1. The second-order valence-corrected chi connectivity index (χ2v) is 12.3. The third kappa shape index (κ3) is 3.17. The summed E-state index contributed by atoms with van der Waals surface area (Å²) in [6, 6.07) is 9.02. The second kappa shape index (κ2) is 7.52. The van der Waals surface area contributed by atoms with Crippen molar-refractivity contribution < 1.29 is 40.2 Å². The van der Waals surface area contributed by atoms with Crippen molar-refractivity contribution in [3.8, 4) is 6.07 Å². The third-order valence-electron chi connectivity index (χ3n) is 8.21. The van der Waals surface area contributed by atoms with Crippen molar-refractivity contribution >= 4 is 21.4 Å². The Kier molecular flexibility index (Phi) is 4.95. The molecule has 0 saturated carbocycles. The van der Waals surface area contributed by atoms with Crippen LogP contribution in [0.4, 0.5) is 23.2 Å². The van der Waals surface area contributed by atoms with Crippen LogP contribution in [0.3, 0.4) is 0 Å². The first-order valence-corrected chi connectivity index (χ1v) is 13.1. The summed E-state index contributed by atoms with van der Waals surface area (Å²) in [6.07, 6.45) is -5.69. The van der Waals surface area contributed by atoms with Gasteiger partial charge in [0, 0.05) is 18.0 Å². The van der Waals surface area contributed by atoms with Crippen molar-refractivity contribution in [1.82, 2.24) is 0 Å². The molecule has 2 bridgehead atoms. The van der Waals surface area contributed by atoms with Gasteiger partial charge >= 0.3 is 6.18 Å². The number of alkyl halides is 3. The summed E-state index contributed by atoms with van der Waals surface area (Å²) < 4.78 is 94.2. The highest BCUT2D eigenvalue weighted by molar-refractivity contribution is 7.92. The molecule has 2 aromatic carbocycles. The SMILES string of the molecule is C[C@@]12C[C@@H](S(=O)(=O)c3ccc(F)cc3)[C@]3(CCO[C@H]4[C@@H]3[C@@H]1C(=O)N4c1ccc(C#N)c(C(F)(F)F)c1)O2. The number of nitriles is 1. The number of fused-ring (bicyclic) bond motifs is 2. The summed E-state index contributed by atoms with van der Waals surface area (Å²) in [7, 11) is -4.02. The molecule has 0 aliphatic carbocycles. The molecule has 194 valence electrons. The molecule has 2 aromatic rings. The van der Waals surface area contributed by atoms with Crippen molar-refractivity contribution in [3.05, 3.63) is 59.4 Å². The number of hydrogen-bond donors (Lipinski definition) is 0. The van der Waals surface area contributed by atoms with E-state index < -0.39 is 73.4 Å². The smallest absolute Gasteiger partial charge is 0.366 e. The predicted octanol–water partition coefficient (Wildman–Crippen LogP) is 3.82. The first-order valence-electron chi connectivity index (χ1n) is 11.6. The lowest BCUT2D eigenvalue weighted by Crippen LogP contribution is -2.58. The minimum absolute atomic E-state index is 0.00134. The zero-order valence-corrected chi connectivity index (χ0v) is 20.1. The minimum Gasteiger partial charge on any atom is -0.366 e. The first kappa shape index (κ1) is 24.3. The molecule has 4 aliphatic heterocycles. The summed E-state index contributed by atoms with van der Waals surface area (Å²) in [5.41, 5.74) is -4.34. The van der Waals surface area contributed by atoms with Gasteiger partial charge in [-0.1, -0.05) is 0 Å². The second-order valence-electron chi connectivity index (χ2n) is 10.1. The minimum atomic E-state index is -4.82. The molecule has 0 radical (unpaired) electrons. The predicted molar refractivity (Wildman–Crippen MR) is 119 cm³/mol. The van der Waals surface area contributed by atoms with Crippen molar-refractivity contribution in [2.75, 3.05) is 11.5 Å². The van der Waals surface area contributed by atoms with E-state index in [-0.39, 0.29) is 30.0 Å². The van der Waals surface area contributed by atoms with Gasteiger partial charge in [0.1, 0.15) is 12.0 Å². The van der Waals surface area contributed by atoms with Gasteiger partial charge in [0.25, 0.3) is 0 Å². The van der Waals surface area contributed by atoms with Gasteiger partial charge in [-0.05, 0) is 55.8 Å². The molecular formula is C25H20F4N2O5S. The molecule has 6 atom stereocenters. The van der Waals surface area contributed by atoms with E-state index >= 15 is 0 Å². The van der Waals surface area contributed by atoms with Crippen LogP contribution in [0, 0.1) is 29.0 Å². The van der Waals surface area contributed by atoms with Gasteiger partial charge in [-0.3, -0.25) is 9.69 Å². The van der Waals surface area contributed by atoms with Gasteiger partial charge in [-0.25, -0.2) is 12.8 Å². The normalized spacial score (nSPS) is 34.5. The maximum absolute atomic E-state index is 13.7. The Morgan fingerprint density at radius 2 is 1.86 bits per heavy atom. The van der Waals surface area contributed by atoms with Crippen LogP contribution in [-0.4, -0.2) is 43.6 Å². The fourth-order valence-electron chi connectivity index (χ4n) is 6.82. The Labute approximate surface area is 209 Å². The molecule has 0 unspecified atom stereocenters. The Morgan fingerprint density at radius 3 is 2.51 bits per heavy atom. The topological polar surface area (TPSA) is 96.7 Å². The fraction of sp³-hybridized carbons (Fsp3) is 0.440. The Morgan fingerprint density at radius 1 is 1.16 bits per heavy atom. The van der Waals surface area contributed by atoms with E-state index in [2.05, 4.69) is 0 Å². The van der Waals surface area contributed by atoms with Gasteiger partial charge in [-0.2, -0.15) is 18.4 Å². The zero-order valence-electron chi connectivity index (χ0n) is 19.3. The lowest BCUT2D eigenvalue weighted by molar-refractivity contribution is -0.140.